The Balaban J connectivity index is 1.79. The average Bonchev–Trinajstić information content (AvgIpc) is 3.28. The van der Waals surface area contributed by atoms with Crippen molar-refractivity contribution in [1.29, 1.82) is 0 Å². The van der Waals surface area contributed by atoms with E-state index in [0.29, 0.717) is 25.3 Å². The molecule has 1 aliphatic carbocycles. The van der Waals surface area contributed by atoms with E-state index in [0.717, 1.165) is 51.4 Å². The highest BCUT2D eigenvalue weighted by molar-refractivity contribution is 5.91. The molecule has 2 aliphatic rings. The smallest absolute Gasteiger partial charge is 0.408 e. The van der Waals surface area contributed by atoms with Gasteiger partial charge in [-0.15, -0.1) is 0 Å². The highest BCUT2D eigenvalue weighted by Gasteiger charge is 2.40. The first-order valence-electron chi connectivity index (χ1n) is 11.9. The fourth-order valence-electron chi connectivity index (χ4n) is 4.43. The summed E-state index contributed by atoms with van der Waals surface area (Å²) in [5, 5.41) is 2.70. The first-order valence-corrected chi connectivity index (χ1v) is 11.9. The molecule has 0 bridgehead atoms. The number of nitrogens with one attached hydrogen (secondary N) is 1. The van der Waals surface area contributed by atoms with Crippen molar-refractivity contribution < 1.29 is 23.9 Å². The predicted octanol–water partition coefficient (Wildman–Crippen LogP) is 2.21. The Morgan fingerprint density at radius 1 is 1.03 bits per heavy atom. The van der Waals surface area contributed by atoms with Crippen molar-refractivity contribution >= 4 is 23.8 Å². The van der Waals surface area contributed by atoms with E-state index >= 15 is 0 Å². The van der Waals surface area contributed by atoms with E-state index in [9.17, 15) is 19.2 Å². The van der Waals surface area contributed by atoms with Crippen LogP contribution in [0, 0.1) is 11.8 Å². The maximum Gasteiger partial charge on any atom is 0.408 e. The Kier molecular flexibility index (Phi) is 9.33. The number of unbranched alkanes of at least 4 members (excludes halogenated alkanes) is 4. The van der Waals surface area contributed by atoms with E-state index in [4.69, 9.17) is 16.2 Å². The lowest BCUT2D eigenvalue weighted by Crippen LogP contribution is -2.53. The Morgan fingerprint density at radius 3 is 2.28 bits per heavy atom. The van der Waals surface area contributed by atoms with Gasteiger partial charge in [0.2, 0.25) is 17.7 Å². The monoisotopic (exact) mass is 452 g/mol. The fraction of sp³-hybridized carbons (Fsp3) is 0.826. The molecule has 0 aromatic rings. The number of amides is 4. The molecule has 0 radical (unpaired) electrons. The standard InChI is InChI=1S/C23H40N4O5/c1-23(2,3)32-22(31)26-17(21(30)27-13-9-12-18(27)20(25)29)11-8-6-4-5-7-10-15-14-16(15)19(24)28/h15-18H,4-14H2,1-3H3,(H2,24,28)(H2,25,29)(H,26,31)/t15-,16+,17+,18+/m1/s1. The molecule has 0 aromatic heterocycles. The molecular weight excluding hydrogens is 412 g/mol. The van der Waals surface area contributed by atoms with Crippen molar-refractivity contribution in [1.82, 2.24) is 10.2 Å². The van der Waals surface area contributed by atoms with Crippen molar-refractivity contribution in [2.75, 3.05) is 6.54 Å². The number of ether oxygens (including phenoxy) is 1. The van der Waals surface area contributed by atoms with Crippen LogP contribution in [0.5, 0.6) is 0 Å². The molecule has 1 heterocycles. The van der Waals surface area contributed by atoms with E-state index in [1.807, 2.05) is 0 Å². The summed E-state index contributed by atoms with van der Waals surface area (Å²) in [6.07, 6.45) is 7.94. The molecule has 1 saturated heterocycles. The number of hydrogen-bond acceptors (Lipinski definition) is 5. The molecule has 1 saturated carbocycles. The molecule has 0 spiro atoms. The van der Waals surface area contributed by atoms with E-state index in [2.05, 4.69) is 5.32 Å². The third-order valence-corrected chi connectivity index (χ3v) is 6.21. The normalized spacial score (nSPS) is 23.5. The third-order valence-electron chi connectivity index (χ3n) is 6.21. The van der Waals surface area contributed by atoms with Gasteiger partial charge in [0.05, 0.1) is 0 Å². The molecular formula is C23H40N4O5. The number of alkyl carbamates (subject to hydrolysis) is 1. The van der Waals surface area contributed by atoms with Crippen LogP contribution in [0.1, 0.15) is 85.0 Å². The van der Waals surface area contributed by atoms with Crippen molar-refractivity contribution in [3.05, 3.63) is 0 Å². The van der Waals surface area contributed by atoms with E-state index in [-0.39, 0.29) is 17.7 Å². The fourth-order valence-corrected chi connectivity index (χ4v) is 4.43. The topological polar surface area (TPSA) is 145 Å². The maximum absolute atomic E-state index is 13.1. The summed E-state index contributed by atoms with van der Waals surface area (Å²) in [5.41, 5.74) is 10.1. The third kappa shape index (κ3) is 8.31. The number of hydrogen-bond donors (Lipinski definition) is 3. The van der Waals surface area contributed by atoms with Crippen LogP contribution in [0.3, 0.4) is 0 Å². The zero-order valence-electron chi connectivity index (χ0n) is 19.7. The first-order chi connectivity index (χ1) is 15.0. The van der Waals surface area contributed by atoms with Gasteiger partial charge in [-0.3, -0.25) is 14.4 Å². The predicted molar refractivity (Wildman–Crippen MR) is 120 cm³/mol. The molecule has 0 unspecified atom stereocenters. The molecule has 4 atom stereocenters. The number of nitrogens with zero attached hydrogens (tertiary/aromatic N) is 1. The van der Waals surface area contributed by atoms with Crippen molar-refractivity contribution in [2.24, 2.45) is 23.3 Å². The molecule has 1 aliphatic heterocycles. The summed E-state index contributed by atoms with van der Waals surface area (Å²) >= 11 is 0. The SMILES string of the molecule is CC(C)(C)OC(=O)N[C@@H](CCCCCCC[C@@H]1C[C@@H]1C(N)=O)C(=O)N1CCC[C@H]1C(N)=O. The lowest BCUT2D eigenvalue weighted by atomic mass is 10.0. The number of rotatable bonds is 12. The molecule has 182 valence electrons. The minimum Gasteiger partial charge on any atom is -0.444 e. The van der Waals surface area contributed by atoms with Crippen LogP contribution in [0.4, 0.5) is 4.79 Å². The second kappa shape index (κ2) is 11.5. The summed E-state index contributed by atoms with van der Waals surface area (Å²) in [7, 11) is 0. The van der Waals surface area contributed by atoms with Crippen molar-refractivity contribution in [3.8, 4) is 0 Å². The van der Waals surface area contributed by atoms with Gasteiger partial charge in [0.1, 0.15) is 17.7 Å². The van der Waals surface area contributed by atoms with E-state index in [1.54, 1.807) is 20.8 Å². The Bertz CT molecular complexity index is 690. The lowest BCUT2D eigenvalue weighted by Gasteiger charge is -2.29. The van der Waals surface area contributed by atoms with E-state index in [1.165, 1.54) is 4.90 Å². The Morgan fingerprint density at radius 2 is 1.69 bits per heavy atom. The van der Waals surface area contributed by atoms with Gasteiger partial charge >= 0.3 is 6.09 Å². The van der Waals surface area contributed by atoms with Gasteiger partial charge in [-0.1, -0.05) is 32.1 Å². The van der Waals surface area contributed by atoms with Crippen molar-refractivity contribution in [2.45, 2.75) is 103 Å². The molecule has 5 N–H and O–H groups in total. The quantitative estimate of drug-likeness (QED) is 0.389. The van der Waals surface area contributed by atoms with Gasteiger partial charge in [0, 0.05) is 12.5 Å². The van der Waals surface area contributed by atoms with Gasteiger partial charge in [0.15, 0.2) is 0 Å². The summed E-state index contributed by atoms with van der Waals surface area (Å²) < 4.78 is 5.32. The molecule has 9 heteroatoms. The minimum atomic E-state index is -0.743. The minimum absolute atomic E-state index is 0.0792. The zero-order valence-corrected chi connectivity index (χ0v) is 19.7. The molecule has 2 fully saturated rings. The second-order valence-electron chi connectivity index (χ2n) is 10.1. The van der Waals surface area contributed by atoms with Gasteiger partial charge in [-0.25, -0.2) is 4.79 Å². The molecule has 32 heavy (non-hydrogen) atoms. The van der Waals surface area contributed by atoms with Crippen LogP contribution in [0.15, 0.2) is 0 Å². The van der Waals surface area contributed by atoms with Crippen molar-refractivity contribution in [3.63, 3.8) is 0 Å². The van der Waals surface area contributed by atoms with Crippen LogP contribution in [-0.2, 0) is 19.1 Å². The zero-order chi connectivity index (χ0) is 23.9. The number of carbonyl (C=O) groups excluding carboxylic acids is 4. The maximum atomic E-state index is 13.1. The van der Waals surface area contributed by atoms with E-state index < -0.39 is 29.7 Å². The van der Waals surface area contributed by atoms with Gasteiger partial charge in [-0.05, 0) is 58.8 Å². The molecule has 0 aromatic carbocycles. The highest BCUT2D eigenvalue weighted by Crippen LogP contribution is 2.42. The number of carbonyl (C=O) groups is 4. The lowest BCUT2D eigenvalue weighted by molar-refractivity contribution is -0.139. The largest absolute Gasteiger partial charge is 0.444 e. The van der Waals surface area contributed by atoms with Gasteiger partial charge in [0.25, 0.3) is 0 Å². The summed E-state index contributed by atoms with van der Waals surface area (Å²) in [6, 6.07) is -1.36. The van der Waals surface area contributed by atoms with Crippen LogP contribution in [0.2, 0.25) is 0 Å². The highest BCUT2D eigenvalue weighted by atomic mass is 16.6. The van der Waals surface area contributed by atoms with Crippen LogP contribution in [0.25, 0.3) is 0 Å². The van der Waals surface area contributed by atoms with Crippen LogP contribution in [-0.4, -0.2) is 52.9 Å². The second-order valence-corrected chi connectivity index (χ2v) is 10.1. The van der Waals surface area contributed by atoms with Crippen LogP contribution < -0.4 is 16.8 Å². The number of likely N-dealkylation sites (tertiary alicyclic amines) is 1. The van der Waals surface area contributed by atoms with Crippen LogP contribution >= 0.6 is 0 Å². The number of nitrogens with two attached hydrogens (primary N) is 2. The average molecular weight is 453 g/mol. The summed E-state index contributed by atoms with van der Waals surface area (Å²) in [6.45, 7) is 5.76. The first kappa shape index (κ1) is 25.9. The summed E-state index contributed by atoms with van der Waals surface area (Å²) in [5.74, 6) is -0.425. The Labute approximate surface area is 191 Å². The summed E-state index contributed by atoms with van der Waals surface area (Å²) in [4.78, 5) is 49.7. The molecule has 4 amide bonds. The molecule has 2 rings (SSSR count). The Hall–Kier alpha value is -2.32. The molecule has 9 nitrogen and oxygen atoms in total. The van der Waals surface area contributed by atoms with Gasteiger partial charge < -0.3 is 26.4 Å². The number of primary amides is 2. The van der Waals surface area contributed by atoms with Gasteiger partial charge in [-0.2, -0.15) is 0 Å².